The lowest BCUT2D eigenvalue weighted by atomic mass is 9.87. The second kappa shape index (κ2) is 8.34. The lowest BCUT2D eigenvalue weighted by Crippen LogP contribution is -2.37. The summed E-state index contributed by atoms with van der Waals surface area (Å²) in [6.45, 7) is 0. The number of fused-ring (bicyclic) bond motifs is 4. The van der Waals surface area contributed by atoms with Crippen LogP contribution in [0.25, 0.3) is 0 Å². The van der Waals surface area contributed by atoms with E-state index < -0.39 is 6.23 Å². The third-order valence-corrected chi connectivity index (χ3v) is 5.18. The smallest absolute Gasteiger partial charge is 0.276 e. The molecule has 2 aromatic rings. The summed E-state index contributed by atoms with van der Waals surface area (Å²) in [5.41, 5.74) is 3.51. The van der Waals surface area contributed by atoms with Gasteiger partial charge < -0.3 is 9.84 Å². The molecule has 1 aliphatic carbocycles. The Balaban J connectivity index is 1.75. The number of aliphatic hydroxyl groups is 1. The van der Waals surface area contributed by atoms with Crippen LogP contribution in [0.2, 0.25) is 0 Å². The monoisotopic (exact) mass is 386 g/mol. The van der Waals surface area contributed by atoms with Crippen molar-refractivity contribution >= 4 is 12.1 Å². The largest absolute Gasteiger partial charge is 0.496 e. The third kappa shape index (κ3) is 3.94. The van der Waals surface area contributed by atoms with Gasteiger partial charge >= 0.3 is 0 Å². The molecule has 1 N–H and O–H groups in total. The molecule has 5 heteroatoms. The van der Waals surface area contributed by atoms with Crippen molar-refractivity contribution in [3.8, 4) is 17.6 Å². The molecular formula is C24H22N2O3. The summed E-state index contributed by atoms with van der Waals surface area (Å²) >= 11 is 0. The van der Waals surface area contributed by atoms with Crippen molar-refractivity contribution in [2.75, 3.05) is 7.11 Å². The number of hydrazone groups is 1. The van der Waals surface area contributed by atoms with Gasteiger partial charge in [0.05, 0.1) is 13.0 Å². The number of allylic oxidation sites excluding steroid dienone is 2. The summed E-state index contributed by atoms with van der Waals surface area (Å²) in [6.07, 6.45) is 4.10. The zero-order valence-corrected chi connectivity index (χ0v) is 16.2. The minimum Gasteiger partial charge on any atom is -0.496 e. The van der Waals surface area contributed by atoms with Gasteiger partial charge in [-0.15, -0.1) is 0 Å². The summed E-state index contributed by atoms with van der Waals surface area (Å²) in [4.78, 5) is 13.0. The van der Waals surface area contributed by atoms with Crippen LogP contribution in [0.4, 0.5) is 0 Å². The first-order chi connectivity index (χ1) is 14.2. The Labute approximate surface area is 170 Å². The van der Waals surface area contributed by atoms with Crippen LogP contribution in [0, 0.1) is 11.8 Å². The fourth-order valence-corrected chi connectivity index (χ4v) is 3.70. The molecule has 4 rings (SSSR count). The summed E-state index contributed by atoms with van der Waals surface area (Å²) in [5.74, 6) is 6.64. The molecule has 0 saturated heterocycles. The Kier molecular flexibility index (Phi) is 5.46. The molecule has 2 aromatic carbocycles. The lowest BCUT2D eigenvalue weighted by molar-refractivity contribution is 0.00326. The Morgan fingerprint density at radius 2 is 2.00 bits per heavy atom. The Morgan fingerprint density at radius 1 is 1.17 bits per heavy atom. The molecule has 2 unspecified atom stereocenters. The summed E-state index contributed by atoms with van der Waals surface area (Å²) in [6, 6.07) is 14.8. The van der Waals surface area contributed by atoms with Crippen LogP contribution >= 0.6 is 0 Å². The molecule has 29 heavy (non-hydrogen) atoms. The van der Waals surface area contributed by atoms with Crippen molar-refractivity contribution in [3.05, 3.63) is 76.9 Å². The molecule has 146 valence electrons. The Morgan fingerprint density at radius 3 is 2.79 bits per heavy atom. The minimum atomic E-state index is -1.11. The van der Waals surface area contributed by atoms with Crippen molar-refractivity contribution in [3.63, 3.8) is 0 Å². The fourth-order valence-electron chi connectivity index (χ4n) is 3.70. The molecule has 0 fully saturated rings. The van der Waals surface area contributed by atoms with Crippen LogP contribution in [0.1, 0.15) is 40.2 Å². The van der Waals surface area contributed by atoms with Gasteiger partial charge in [-0.05, 0) is 30.2 Å². The molecule has 1 amide bonds. The quantitative estimate of drug-likeness (QED) is 0.804. The molecule has 0 saturated carbocycles. The van der Waals surface area contributed by atoms with Gasteiger partial charge in [0.2, 0.25) is 0 Å². The number of carbonyl (C=O) groups is 1. The van der Waals surface area contributed by atoms with Crippen LogP contribution in [0.5, 0.6) is 5.75 Å². The first-order valence-electron chi connectivity index (χ1n) is 9.63. The maximum Gasteiger partial charge on any atom is 0.276 e. The van der Waals surface area contributed by atoms with Crippen molar-refractivity contribution < 1.29 is 14.6 Å². The number of benzene rings is 2. The Bertz CT molecular complexity index is 1030. The highest BCUT2D eigenvalue weighted by atomic mass is 16.5. The van der Waals surface area contributed by atoms with Crippen LogP contribution < -0.4 is 4.74 Å². The summed E-state index contributed by atoms with van der Waals surface area (Å²) in [7, 11) is 1.63. The van der Waals surface area contributed by atoms with Crippen LogP contribution in [-0.2, 0) is 6.42 Å². The highest BCUT2D eigenvalue weighted by Gasteiger charge is 2.29. The van der Waals surface area contributed by atoms with E-state index in [4.69, 9.17) is 4.74 Å². The molecule has 0 spiro atoms. The molecule has 0 aromatic heterocycles. The molecule has 2 bridgehead atoms. The molecular weight excluding hydrogens is 364 g/mol. The average Bonchev–Trinajstić information content (AvgIpc) is 2.75. The fraction of sp³-hybridized carbons (Fsp3) is 0.250. The summed E-state index contributed by atoms with van der Waals surface area (Å²) < 4.78 is 5.58. The van der Waals surface area contributed by atoms with Gasteiger partial charge in [0, 0.05) is 35.8 Å². The van der Waals surface area contributed by atoms with E-state index in [1.807, 2.05) is 18.2 Å². The lowest BCUT2D eigenvalue weighted by Gasteiger charge is -2.28. The van der Waals surface area contributed by atoms with Gasteiger partial charge in [-0.3, -0.25) is 4.79 Å². The van der Waals surface area contributed by atoms with E-state index >= 15 is 0 Å². The van der Waals surface area contributed by atoms with E-state index in [2.05, 4.69) is 29.1 Å². The topological polar surface area (TPSA) is 62.1 Å². The van der Waals surface area contributed by atoms with Crippen LogP contribution in [-0.4, -0.2) is 35.6 Å². The third-order valence-electron chi connectivity index (χ3n) is 5.18. The second-order valence-electron chi connectivity index (χ2n) is 7.02. The first-order valence-corrected chi connectivity index (χ1v) is 9.63. The van der Waals surface area contributed by atoms with E-state index in [1.165, 1.54) is 0 Å². The number of ether oxygens (including phenoxy) is 1. The SMILES string of the molecule is COc1cccc2c1C1C#C/C(=C\C2)C/C=N\N(C(=O)c2ccccc2)C(O)C1. The number of aliphatic hydroxyl groups excluding tert-OH is 1. The van der Waals surface area contributed by atoms with Crippen LogP contribution in [0.15, 0.2) is 65.3 Å². The van der Waals surface area contributed by atoms with Crippen molar-refractivity contribution in [2.24, 2.45) is 5.10 Å². The van der Waals surface area contributed by atoms with E-state index in [1.54, 1.807) is 37.6 Å². The minimum absolute atomic E-state index is 0.240. The maximum atomic E-state index is 13.0. The standard InChI is InChI=1S/C24H22N2O3/c1-29-21-9-5-8-18-12-10-17-11-13-20(23(18)21)16-22(27)26(25-15-14-17)24(28)19-6-3-2-4-7-19/h2-10,15,20,22,27H,12,14,16H2,1H3/b17-10+,25-15-. The number of carbonyl (C=O) groups excluding carboxylic acids is 1. The molecule has 0 radical (unpaired) electrons. The number of amides is 1. The number of hydrogen-bond acceptors (Lipinski definition) is 4. The Hall–Kier alpha value is -3.36. The molecule has 5 nitrogen and oxygen atoms in total. The molecule has 2 atom stereocenters. The first kappa shape index (κ1) is 19.0. The zero-order chi connectivity index (χ0) is 20.2. The predicted molar refractivity (Wildman–Crippen MR) is 112 cm³/mol. The van der Waals surface area contributed by atoms with Crippen molar-refractivity contribution in [1.29, 1.82) is 0 Å². The normalized spacial score (nSPS) is 23.4. The van der Waals surface area contributed by atoms with E-state index in [0.717, 1.165) is 33.9 Å². The van der Waals surface area contributed by atoms with E-state index in [0.29, 0.717) is 12.0 Å². The molecule has 1 heterocycles. The summed E-state index contributed by atoms with van der Waals surface area (Å²) in [5, 5.41) is 16.4. The van der Waals surface area contributed by atoms with Crippen molar-refractivity contribution in [2.45, 2.75) is 31.4 Å². The van der Waals surface area contributed by atoms with Gasteiger partial charge in [0.1, 0.15) is 5.75 Å². The number of nitrogens with zero attached hydrogens (tertiary/aromatic N) is 2. The highest BCUT2D eigenvalue weighted by molar-refractivity contribution is 5.94. The van der Waals surface area contributed by atoms with Gasteiger partial charge in [-0.1, -0.05) is 48.2 Å². The number of methoxy groups -OCH3 is 1. The second-order valence-corrected chi connectivity index (χ2v) is 7.02. The highest BCUT2D eigenvalue weighted by Crippen LogP contribution is 2.35. The maximum absolute atomic E-state index is 13.0. The van der Waals surface area contributed by atoms with Gasteiger partial charge in [0.25, 0.3) is 5.91 Å². The molecule has 2 aliphatic rings. The predicted octanol–water partition coefficient (Wildman–Crippen LogP) is 3.51. The van der Waals surface area contributed by atoms with Gasteiger partial charge in [-0.25, -0.2) is 5.01 Å². The van der Waals surface area contributed by atoms with Crippen molar-refractivity contribution in [1.82, 2.24) is 5.01 Å². The number of rotatable bonds is 2. The van der Waals surface area contributed by atoms with Gasteiger partial charge in [0.15, 0.2) is 6.23 Å². The number of hydrogen-bond donors (Lipinski definition) is 1. The zero-order valence-electron chi connectivity index (χ0n) is 16.2. The van der Waals surface area contributed by atoms with Gasteiger partial charge in [-0.2, -0.15) is 5.10 Å². The average molecular weight is 386 g/mol. The molecule has 1 aliphatic heterocycles. The van der Waals surface area contributed by atoms with E-state index in [-0.39, 0.29) is 18.2 Å². The van der Waals surface area contributed by atoms with E-state index in [9.17, 15) is 9.90 Å². The van der Waals surface area contributed by atoms with Crippen LogP contribution in [0.3, 0.4) is 0 Å².